The molecule has 0 saturated carbocycles. The first-order chi connectivity index (χ1) is 15.9. The molecule has 0 radical (unpaired) electrons. The highest BCUT2D eigenvalue weighted by atomic mass is 19.2. The van der Waals surface area contributed by atoms with Gasteiger partial charge in [-0.25, -0.2) is 17.6 Å². The Morgan fingerprint density at radius 1 is 0.576 bits per heavy atom. The van der Waals surface area contributed by atoms with Crippen LogP contribution in [0, 0.1) is 23.3 Å². The van der Waals surface area contributed by atoms with Gasteiger partial charge >= 0.3 is 0 Å². The van der Waals surface area contributed by atoms with Crippen molar-refractivity contribution in [3.8, 4) is 23.0 Å². The first kappa shape index (κ1) is 21.9. The summed E-state index contributed by atoms with van der Waals surface area (Å²) in [6.45, 7) is 0. The number of nitrogens with one attached hydrogen (secondary N) is 1. The Kier molecular flexibility index (Phi) is 6.26. The molecule has 8 heteroatoms. The molecule has 0 spiro atoms. The number of hydrogen-bond acceptors (Lipinski definition) is 3. The Morgan fingerprint density at radius 3 is 1.58 bits per heavy atom. The van der Waals surface area contributed by atoms with E-state index >= 15 is 0 Å². The van der Waals surface area contributed by atoms with Crippen LogP contribution in [0.4, 0.5) is 23.2 Å². The summed E-state index contributed by atoms with van der Waals surface area (Å²) in [4.78, 5) is 12.5. The van der Waals surface area contributed by atoms with E-state index < -0.39 is 29.2 Å². The average Bonchev–Trinajstić information content (AvgIpc) is 2.78. The fourth-order valence-electron chi connectivity index (χ4n) is 2.88. The van der Waals surface area contributed by atoms with Crippen molar-refractivity contribution in [2.45, 2.75) is 0 Å². The molecule has 0 aliphatic heterocycles. The van der Waals surface area contributed by atoms with Crippen molar-refractivity contribution in [1.82, 2.24) is 0 Å². The Labute approximate surface area is 186 Å². The zero-order chi connectivity index (χ0) is 23.4. The molecule has 4 aromatic rings. The molecule has 0 bridgehead atoms. The number of ether oxygens (including phenoxy) is 2. The number of rotatable bonds is 6. The van der Waals surface area contributed by atoms with E-state index in [0.717, 1.165) is 18.2 Å². The molecular weight excluding hydrogens is 438 g/mol. The fraction of sp³-hybridized carbons (Fsp3) is 0. The van der Waals surface area contributed by atoms with Gasteiger partial charge in [0.05, 0.1) is 0 Å². The van der Waals surface area contributed by atoms with E-state index in [1.807, 2.05) is 0 Å². The van der Waals surface area contributed by atoms with Gasteiger partial charge in [0.25, 0.3) is 5.91 Å². The predicted molar refractivity (Wildman–Crippen MR) is 114 cm³/mol. The maximum absolute atomic E-state index is 13.5. The van der Waals surface area contributed by atoms with Crippen molar-refractivity contribution in [2.24, 2.45) is 0 Å². The second-order valence-electron chi connectivity index (χ2n) is 6.89. The van der Waals surface area contributed by atoms with E-state index in [0.29, 0.717) is 11.5 Å². The van der Waals surface area contributed by atoms with Gasteiger partial charge in [0.2, 0.25) is 0 Å². The van der Waals surface area contributed by atoms with E-state index in [9.17, 15) is 22.4 Å². The number of carbonyl (C=O) groups excluding carboxylic acids is 1. The first-order valence-corrected chi connectivity index (χ1v) is 9.64. The highest BCUT2D eigenvalue weighted by Gasteiger charge is 2.13. The van der Waals surface area contributed by atoms with Crippen molar-refractivity contribution in [3.63, 3.8) is 0 Å². The van der Waals surface area contributed by atoms with Crippen LogP contribution in [0.5, 0.6) is 23.0 Å². The molecule has 166 valence electrons. The monoisotopic (exact) mass is 453 g/mol. The van der Waals surface area contributed by atoms with Gasteiger partial charge in [-0.15, -0.1) is 0 Å². The molecule has 4 aromatic carbocycles. The van der Waals surface area contributed by atoms with Gasteiger partial charge in [-0.1, -0.05) is 0 Å². The lowest BCUT2D eigenvalue weighted by Crippen LogP contribution is -2.12. The predicted octanol–water partition coefficient (Wildman–Crippen LogP) is 7.08. The lowest BCUT2D eigenvalue weighted by molar-refractivity contribution is 0.102. The SMILES string of the molecule is O=C(Nc1cc(Oc2ccc(F)cc2)cc(Oc2ccc(F)cc2)c1)c1ccc(F)c(F)c1. The van der Waals surface area contributed by atoms with Crippen LogP contribution in [0.2, 0.25) is 0 Å². The van der Waals surface area contributed by atoms with Gasteiger partial charge in [-0.05, 0) is 66.7 Å². The lowest BCUT2D eigenvalue weighted by atomic mass is 10.2. The molecule has 0 saturated heterocycles. The fourth-order valence-corrected chi connectivity index (χ4v) is 2.88. The Bertz CT molecular complexity index is 1230. The van der Waals surface area contributed by atoms with E-state index in [-0.39, 0.29) is 22.7 Å². The molecule has 0 atom stereocenters. The van der Waals surface area contributed by atoms with Gasteiger partial charge in [0.15, 0.2) is 11.6 Å². The van der Waals surface area contributed by atoms with Crippen LogP contribution in [-0.2, 0) is 0 Å². The van der Waals surface area contributed by atoms with Gasteiger partial charge in [0.1, 0.15) is 34.6 Å². The number of carbonyl (C=O) groups is 1. The Hall–Kier alpha value is -4.33. The minimum atomic E-state index is -1.16. The summed E-state index contributed by atoms with van der Waals surface area (Å²) in [7, 11) is 0. The summed E-state index contributed by atoms with van der Waals surface area (Å²) in [6, 6.07) is 17.8. The molecule has 0 aromatic heterocycles. The largest absolute Gasteiger partial charge is 0.457 e. The van der Waals surface area contributed by atoms with E-state index in [2.05, 4.69) is 5.32 Å². The highest BCUT2D eigenvalue weighted by Crippen LogP contribution is 2.33. The summed E-state index contributed by atoms with van der Waals surface area (Å²) in [5, 5.41) is 2.57. The standard InChI is InChI=1S/C25H15F4NO3/c26-16-2-6-19(7-3-16)32-21-12-18(30-25(31)15-1-10-23(28)24(29)11-15)13-22(14-21)33-20-8-4-17(27)5-9-20/h1-14H,(H,30,31). The minimum absolute atomic E-state index is 0.0974. The van der Waals surface area contributed by atoms with Crippen molar-refractivity contribution in [2.75, 3.05) is 5.32 Å². The van der Waals surface area contributed by atoms with Crippen LogP contribution >= 0.6 is 0 Å². The number of halogens is 4. The van der Waals surface area contributed by atoms with Crippen LogP contribution in [0.15, 0.2) is 84.9 Å². The number of amides is 1. The second-order valence-corrected chi connectivity index (χ2v) is 6.89. The third-order valence-electron chi connectivity index (χ3n) is 4.42. The molecule has 1 amide bonds. The minimum Gasteiger partial charge on any atom is -0.457 e. The number of hydrogen-bond donors (Lipinski definition) is 1. The maximum atomic E-state index is 13.5. The lowest BCUT2D eigenvalue weighted by Gasteiger charge is -2.13. The second kappa shape index (κ2) is 9.44. The topological polar surface area (TPSA) is 47.6 Å². The van der Waals surface area contributed by atoms with Crippen LogP contribution < -0.4 is 14.8 Å². The molecule has 0 fully saturated rings. The van der Waals surface area contributed by atoms with Crippen LogP contribution in [-0.4, -0.2) is 5.91 Å². The van der Waals surface area contributed by atoms with Gasteiger partial charge in [0, 0.05) is 29.4 Å². The molecule has 0 unspecified atom stereocenters. The molecular formula is C25H15F4NO3. The van der Waals surface area contributed by atoms with E-state index in [1.54, 1.807) is 0 Å². The van der Waals surface area contributed by atoms with Crippen LogP contribution in [0.1, 0.15) is 10.4 Å². The van der Waals surface area contributed by atoms with Crippen LogP contribution in [0.3, 0.4) is 0 Å². The quantitative estimate of drug-likeness (QED) is 0.317. The Balaban J connectivity index is 1.63. The third-order valence-corrected chi connectivity index (χ3v) is 4.42. The van der Waals surface area contributed by atoms with Gasteiger partial charge < -0.3 is 14.8 Å². The maximum Gasteiger partial charge on any atom is 0.255 e. The molecule has 4 nitrogen and oxygen atoms in total. The zero-order valence-electron chi connectivity index (χ0n) is 16.8. The van der Waals surface area contributed by atoms with Gasteiger partial charge in [-0.3, -0.25) is 4.79 Å². The van der Waals surface area contributed by atoms with Crippen molar-refractivity contribution >= 4 is 11.6 Å². The van der Waals surface area contributed by atoms with E-state index in [1.165, 1.54) is 66.7 Å². The van der Waals surface area contributed by atoms with E-state index in [4.69, 9.17) is 9.47 Å². The molecule has 0 aliphatic carbocycles. The normalized spacial score (nSPS) is 10.5. The molecule has 0 heterocycles. The summed E-state index contributed by atoms with van der Waals surface area (Å²) in [5.41, 5.74) is 0.126. The number of anilines is 1. The van der Waals surface area contributed by atoms with Crippen molar-refractivity contribution < 1.29 is 31.8 Å². The van der Waals surface area contributed by atoms with Gasteiger partial charge in [-0.2, -0.15) is 0 Å². The van der Waals surface area contributed by atoms with Crippen molar-refractivity contribution in [3.05, 3.63) is 114 Å². The first-order valence-electron chi connectivity index (χ1n) is 9.64. The summed E-state index contributed by atoms with van der Waals surface area (Å²) in [6.07, 6.45) is 0. The number of benzene rings is 4. The van der Waals surface area contributed by atoms with Crippen LogP contribution in [0.25, 0.3) is 0 Å². The summed E-state index contributed by atoms with van der Waals surface area (Å²) < 4.78 is 64.5. The highest BCUT2D eigenvalue weighted by molar-refractivity contribution is 6.04. The smallest absolute Gasteiger partial charge is 0.255 e. The zero-order valence-corrected chi connectivity index (χ0v) is 16.8. The average molecular weight is 453 g/mol. The van der Waals surface area contributed by atoms with Crippen molar-refractivity contribution in [1.29, 1.82) is 0 Å². The summed E-state index contributed by atoms with van der Waals surface area (Å²) in [5.74, 6) is -2.66. The molecule has 33 heavy (non-hydrogen) atoms. The summed E-state index contributed by atoms with van der Waals surface area (Å²) >= 11 is 0. The Morgan fingerprint density at radius 2 is 1.09 bits per heavy atom. The molecule has 0 aliphatic rings. The molecule has 1 N–H and O–H groups in total. The molecule has 4 rings (SSSR count). The third kappa shape index (κ3) is 5.68.